The molecule has 110 valence electrons. The number of benzene rings is 1. The molecule has 0 aromatic heterocycles. The number of hydrogen-bond donors (Lipinski definition) is 2. The molecular weight excluding hydrogens is 284 g/mol. The second-order valence-electron chi connectivity index (χ2n) is 4.52. The first-order chi connectivity index (χ1) is 9.04. The van der Waals surface area contributed by atoms with Gasteiger partial charge in [0.2, 0.25) is 10.0 Å². The molecular formula is C12H16N2O5S. The summed E-state index contributed by atoms with van der Waals surface area (Å²) in [6, 6.07) is 2.67. The van der Waals surface area contributed by atoms with Gasteiger partial charge in [0.05, 0.1) is 4.90 Å². The number of nitrogens with zero attached hydrogens (tertiary/aromatic N) is 1. The SMILES string of the molecule is Cc1cc(C(=O)N(C)CC(=O)O)cc(S(N)(=O)=O)c1C. The first-order valence-electron chi connectivity index (χ1n) is 5.65. The zero-order valence-electron chi connectivity index (χ0n) is 11.4. The summed E-state index contributed by atoms with van der Waals surface area (Å²) in [5.74, 6) is -1.74. The summed E-state index contributed by atoms with van der Waals surface area (Å²) in [6.07, 6.45) is 0. The molecule has 0 saturated carbocycles. The average molecular weight is 300 g/mol. The zero-order valence-corrected chi connectivity index (χ0v) is 12.2. The van der Waals surface area contributed by atoms with E-state index in [1.54, 1.807) is 13.8 Å². The molecule has 3 N–H and O–H groups in total. The maximum Gasteiger partial charge on any atom is 0.323 e. The van der Waals surface area contributed by atoms with Gasteiger partial charge in [-0.2, -0.15) is 0 Å². The van der Waals surface area contributed by atoms with Gasteiger partial charge in [-0.3, -0.25) is 9.59 Å². The average Bonchev–Trinajstić information content (AvgIpc) is 2.29. The number of sulfonamides is 1. The van der Waals surface area contributed by atoms with Gasteiger partial charge in [-0.05, 0) is 37.1 Å². The third kappa shape index (κ3) is 3.55. The number of rotatable bonds is 4. The van der Waals surface area contributed by atoms with Gasteiger partial charge in [-0.1, -0.05) is 0 Å². The predicted octanol–water partition coefficient (Wildman–Crippen LogP) is 0.107. The largest absolute Gasteiger partial charge is 0.480 e. The van der Waals surface area contributed by atoms with Crippen molar-refractivity contribution in [2.75, 3.05) is 13.6 Å². The molecule has 0 spiro atoms. The summed E-state index contributed by atoms with van der Waals surface area (Å²) in [4.78, 5) is 23.5. The van der Waals surface area contributed by atoms with Crippen LogP contribution in [-0.2, 0) is 14.8 Å². The van der Waals surface area contributed by atoms with Gasteiger partial charge in [-0.25, -0.2) is 13.6 Å². The number of carboxylic acids is 1. The molecule has 0 bridgehead atoms. The van der Waals surface area contributed by atoms with E-state index in [2.05, 4.69) is 0 Å². The van der Waals surface area contributed by atoms with Crippen molar-refractivity contribution in [1.82, 2.24) is 4.90 Å². The van der Waals surface area contributed by atoms with E-state index in [9.17, 15) is 18.0 Å². The van der Waals surface area contributed by atoms with Gasteiger partial charge in [0.25, 0.3) is 5.91 Å². The van der Waals surface area contributed by atoms with Crippen molar-refractivity contribution < 1.29 is 23.1 Å². The van der Waals surface area contributed by atoms with E-state index in [0.717, 1.165) is 4.90 Å². The molecule has 0 aliphatic heterocycles. The predicted molar refractivity (Wildman–Crippen MR) is 71.9 cm³/mol. The van der Waals surface area contributed by atoms with Crippen LogP contribution in [0.5, 0.6) is 0 Å². The molecule has 0 aliphatic carbocycles. The molecule has 0 saturated heterocycles. The fourth-order valence-electron chi connectivity index (χ4n) is 1.74. The number of primary sulfonamides is 1. The summed E-state index contributed by atoms with van der Waals surface area (Å²) >= 11 is 0. The van der Waals surface area contributed by atoms with Crippen LogP contribution in [0.3, 0.4) is 0 Å². The lowest BCUT2D eigenvalue weighted by Crippen LogP contribution is -2.32. The van der Waals surface area contributed by atoms with E-state index >= 15 is 0 Å². The van der Waals surface area contributed by atoms with E-state index in [-0.39, 0.29) is 10.5 Å². The zero-order chi connectivity index (χ0) is 15.7. The van der Waals surface area contributed by atoms with Crippen LogP contribution in [0.15, 0.2) is 17.0 Å². The first-order valence-corrected chi connectivity index (χ1v) is 7.20. The van der Waals surface area contributed by atoms with Crippen LogP contribution in [0.2, 0.25) is 0 Å². The Labute approximate surface area is 117 Å². The number of aliphatic carboxylic acids is 1. The number of likely N-dealkylation sites (N-methyl/N-ethyl adjacent to an activating group) is 1. The molecule has 1 aromatic rings. The van der Waals surface area contributed by atoms with Crippen molar-refractivity contribution in [3.63, 3.8) is 0 Å². The summed E-state index contributed by atoms with van der Waals surface area (Å²) < 4.78 is 23.0. The van der Waals surface area contributed by atoms with Crippen LogP contribution in [0.4, 0.5) is 0 Å². The van der Waals surface area contributed by atoms with Gasteiger partial charge in [0.1, 0.15) is 6.54 Å². The third-order valence-corrected chi connectivity index (χ3v) is 3.93. The van der Waals surface area contributed by atoms with Gasteiger partial charge in [-0.15, -0.1) is 0 Å². The number of amides is 1. The molecule has 0 atom stereocenters. The highest BCUT2D eigenvalue weighted by atomic mass is 32.2. The van der Waals surface area contributed by atoms with E-state index < -0.39 is 28.4 Å². The standard InChI is InChI=1S/C12H16N2O5S/c1-7-4-9(12(17)14(3)6-11(15)16)5-10(8(7)2)20(13,18)19/h4-5H,6H2,1-3H3,(H,15,16)(H2,13,18,19). The molecule has 7 nitrogen and oxygen atoms in total. The molecule has 20 heavy (non-hydrogen) atoms. The summed E-state index contributed by atoms with van der Waals surface area (Å²) in [5.41, 5.74) is 1.13. The molecule has 0 aliphatic rings. The molecule has 1 rings (SSSR count). The van der Waals surface area contributed by atoms with E-state index in [1.807, 2.05) is 0 Å². The molecule has 1 aromatic carbocycles. The van der Waals surface area contributed by atoms with Crippen molar-refractivity contribution >= 4 is 21.9 Å². The lowest BCUT2D eigenvalue weighted by Gasteiger charge is -2.16. The number of aryl methyl sites for hydroxylation is 1. The van der Waals surface area contributed by atoms with Crippen molar-refractivity contribution in [1.29, 1.82) is 0 Å². The number of carboxylic acid groups (broad SMARTS) is 1. The maximum atomic E-state index is 12.0. The van der Waals surface area contributed by atoms with E-state index in [1.165, 1.54) is 19.2 Å². The Bertz CT molecular complexity index is 667. The van der Waals surface area contributed by atoms with Crippen molar-refractivity contribution in [3.05, 3.63) is 28.8 Å². The summed E-state index contributed by atoms with van der Waals surface area (Å²) in [6.45, 7) is 2.76. The van der Waals surface area contributed by atoms with Crippen LogP contribution < -0.4 is 5.14 Å². The Morgan fingerprint density at radius 2 is 1.85 bits per heavy atom. The van der Waals surface area contributed by atoms with Crippen LogP contribution in [-0.4, -0.2) is 43.9 Å². The van der Waals surface area contributed by atoms with E-state index in [0.29, 0.717) is 11.1 Å². The molecule has 0 heterocycles. The third-order valence-electron chi connectivity index (χ3n) is 2.89. The van der Waals surface area contributed by atoms with Crippen molar-refractivity contribution in [2.45, 2.75) is 18.7 Å². The van der Waals surface area contributed by atoms with Gasteiger partial charge in [0, 0.05) is 12.6 Å². The fourth-order valence-corrected chi connectivity index (χ4v) is 2.62. The summed E-state index contributed by atoms with van der Waals surface area (Å²) in [7, 11) is -2.63. The Kier molecular flexibility index (Phi) is 4.51. The lowest BCUT2D eigenvalue weighted by atomic mass is 10.1. The fraction of sp³-hybridized carbons (Fsp3) is 0.333. The number of carbonyl (C=O) groups is 2. The summed E-state index contributed by atoms with van der Waals surface area (Å²) in [5, 5.41) is 13.8. The minimum absolute atomic E-state index is 0.0841. The van der Waals surface area contributed by atoms with Crippen LogP contribution in [0, 0.1) is 13.8 Å². The lowest BCUT2D eigenvalue weighted by molar-refractivity contribution is -0.137. The van der Waals surface area contributed by atoms with Gasteiger partial charge >= 0.3 is 5.97 Å². The van der Waals surface area contributed by atoms with Crippen LogP contribution in [0.1, 0.15) is 21.5 Å². The Hall–Kier alpha value is -1.93. The molecule has 1 amide bonds. The molecule has 0 radical (unpaired) electrons. The number of carbonyl (C=O) groups excluding carboxylic acids is 1. The molecule has 0 fully saturated rings. The van der Waals surface area contributed by atoms with E-state index in [4.69, 9.17) is 10.2 Å². The topological polar surface area (TPSA) is 118 Å². The van der Waals surface area contributed by atoms with Gasteiger partial charge in [0.15, 0.2) is 0 Å². The molecule has 8 heteroatoms. The van der Waals surface area contributed by atoms with Crippen LogP contribution >= 0.6 is 0 Å². The Balaban J connectivity index is 3.31. The number of hydrogen-bond acceptors (Lipinski definition) is 4. The quantitative estimate of drug-likeness (QED) is 0.818. The monoisotopic (exact) mass is 300 g/mol. The molecule has 0 unspecified atom stereocenters. The highest BCUT2D eigenvalue weighted by molar-refractivity contribution is 7.89. The smallest absolute Gasteiger partial charge is 0.323 e. The second kappa shape index (κ2) is 5.59. The second-order valence-corrected chi connectivity index (χ2v) is 6.05. The Morgan fingerprint density at radius 3 is 2.30 bits per heavy atom. The Morgan fingerprint density at radius 1 is 1.30 bits per heavy atom. The van der Waals surface area contributed by atoms with Crippen LogP contribution in [0.25, 0.3) is 0 Å². The normalized spacial score (nSPS) is 11.2. The highest BCUT2D eigenvalue weighted by Crippen LogP contribution is 2.20. The highest BCUT2D eigenvalue weighted by Gasteiger charge is 2.20. The number of nitrogens with two attached hydrogens (primary N) is 1. The minimum Gasteiger partial charge on any atom is -0.480 e. The van der Waals surface area contributed by atoms with Gasteiger partial charge < -0.3 is 10.0 Å². The maximum absolute atomic E-state index is 12.0. The first kappa shape index (κ1) is 16.1. The van der Waals surface area contributed by atoms with Crippen molar-refractivity contribution in [3.8, 4) is 0 Å². The minimum atomic E-state index is -3.95. The van der Waals surface area contributed by atoms with Crippen molar-refractivity contribution in [2.24, 2.45) is 5.14 Å².